The van der Waals surface area contributed by atoms with E-state index in [1.54, 1.807) is 0 Å². The van der Waals surface area contributed by atoms with E-state index in [1.807, 2.05) is 48.5 Å². The van der Waals surface area contributed by atoms with Gasteiger partial charge in [0.2, 0.25) is 5.91 Å². The quantitative estimate of drug-likeness (QED) is 0.543. The zero-order chi connectivity index (χ0) is 25.2. The van der Waals surface area contributed by atoms with Crippen LogP contribution in [0.4, 0.5) is 18.0 Å². The summed E-state index contributed by atoms with van der Waals surface area (Å²) in [6.45, 7) is -0.971. The molecule has 2 aromatic carbocycles. The number of carboxylic acid groups (broad SMARTS) is 1. The number of carboxylic acids is 1. The molecule has 1 fully saturated rings. The van der Waals surface area contributed by atoms with E-state index in [0.717, 1.165) is 22.3 Å². The zero-order valence-corrected chi connectivity index (χ0v) is 18.7. The molecule has 3 N–H and O–H groups in total. The third-order valence-corrected chi connectivity index (χ3v) is 6.67. The second-order valence-corrected chi connectivity index (χ2v) is 8.79. The summed E-state index contributed by atoms with van der Waals surface area (Å²) in [5.74, 6) is -6.37. The molecule has 2 aliphatic rings. The summed E-state index contributed by atoms with van der Waals surface area (Å²) in [6.07, 6.45) is -4.27. The van der Waals surface area contributed by atoms with Crippen LogP contribution in [0.15, 0.2) is 48.5 Å². The first-order chi connectivity index (χ1) is 16.7. The fourth-order valence-electron chi connectivity index (χ4n) is 4.91. The summed E-state index contributed by atoms with van der Waals surface area (Å²) >= 11 is 0. The molecule has 0 aliphatic heterocycles. The molecule has 2 aliphatic carbocycles. The molecule has 0 heterocycles. The maximum atomic E-state index is 12.8. The number of hydrogen-bond acceptors (Lipinski definition) is 4. The molecule has 2 amide bonds. The van der Waals surface area contributed by atoms with Crippen LogP contribution in [-0.2, 0) is 14.3 Å². The van der Waals surface area contributed by atoms with Gasteiger partial charge in [-0.05, 0) is 35.1 Å². The zero-order valence-electron chi connectivity index (χ0n) is 18.7. The Balaban J connectivity index is 1.34. The number of carbonyl (C=O) groups is 3. The van der Waals surface area contributed by atoms with Crippen LogP contribution in [-0.4, -0.2) is 48.4 Å². The molecular weight excluding hydrogens is 465 g/mol. The Morgan fingerprint density at radius 3 is 2.17 bits per heavy atom. The predicted octanol–water partition coefficient (Wildman–Crippen LogP) is 4.07. The second kappa shape index (κ2) is 9.97. The molecule has 0 spiro atoms. The van der Waals surface area contributed by atoms with Gasteiger partial charge in [0.25, 0.3) is 0 Å². The maximum Gasteiger partial charge on any atom is 0.407 e. The molecular formula is C25H25F3N2O5. The van der Waals surface area contributed by atoms with Gasteiger partial charge in [0, 0.05) is 18.5 Å². The Labute approximate surface area is 199 Å². The lowest BCUT2D eigenvalue weighted by Crippen LogP contribution is -2.47. The molecule has 0 radical (unpaired) electrons. The average Bonchev–Trinajstić information content (AvgIpc) is 3.39. The van der Waals surface area contributed by atoms with Crippen LogP contribution in [0, 0.1) is 11.8 Å². The van der Waals surface area contributed by atoms with Crippen molar-refractivity contribution in [2.24, 2.45) is 11.8 Å². The van der Waals surface area contributed by atoms with E-state index in [-0.39, 0.29) is 12.5 Å². The van der Waals surface area contributed by atoms with Gasteiger partial charge in [-0.25, -0.2) is 4.79 Å². The van der Waals surface area contributed by atoms with Crippen molar-refractivity contribution in [1.82, 2.24) is 10.6 Å². The Kier molecular flexibility index (Phi) is 7.00. The first kappa shape index (κ1) is 24.6. The fraction of sp³-hybridized carbons (Fsp3) is 0.400. The molecule has 0 aromatic heterocycles. The highest BCUT2D eigenvalue weighted by Crippen LogP contribution is 2.44. The van der Waals surface area contributed by atoms with E-state index in [9.17, 15) is 27.6 Å². The van der Waals surface area contributed by atoms with E-state index >= 15 is 0 Å². The van der Waals surface area contributed by atoms with Gasteiger partial charge in [0.05, 0.1) is 5.92 Å². The van der Waals surface area contributed by atoms with Gasteiger partial charge >= 0.3 is 18.2 Å². The number of alkyl halides is 3. The van der Waals surface area contributed by atoms with Crippen molar-refractivity contribution in [2.45, 2.75) is 37.4 Å². The lowest BCUT2D eigenvalue weighted by atomic mass is 9.98. The van der Waals surface area contributed by atoms with Gasteiger partial charge in [-0.15, -0.1) is 0 Å². The van der Waals surface area contributed by atoms with Crippen LogP contribution >= 0.6 is 0 Å². The van der Waals surface area contributed by atoms with Crippen LogP contribution in [0.25, 0.3) is 11.1 Å². The number of alkyl carbamates (subject to hydrolysis) is 1. The first-order valence-electron chi connectivity index (χ1n) is 11.4. The minimum atomic E-state index is -4.98. The van der Waals surface area contributed by atoms with Gasteiger partial charge in [-0.3, -0.25) is 9.59 Å². The number of nitrogens with one attached hydrogen (secondary N) is 2. The van der Waals surface area contributed by atoms with Gasteiger partial charge in [0.15, 0.2) is 5.92 Å². The largest absolute Gasteiger partial charge is 0.481 e. The van der Waals surface area contributed by atoms with E-state index in [4.69, 9.17) is 9.84 Å². The smallest absolute Gasteiger partial charge is 0.407 e. The normalized spacial score (nSPS) is 20.0. The molecule has 0 bridgehead atoms. The maximum absolute atomic E-state index is 12.8. The number of hydrogen-bond donors (Lipinski definition) is 3. The Bertz CT molecular complexity index is 1070. The van der Waals surface area contributed by atoms with E-state index in [1.165, 1.54) is 0 Å². The molecule has 4 rings (SSSR count). The highest BCUT2D eigenvalue weighted by Gasteiger charge is 2.46. The summed E-state index contributed by atoms with van der Waals surface area (Å²) < 4.78 is 44.0. The molecule has 2 aromatic rings. The van der Waals surface area contributed by atoms with Crippen molar-refractivity contribution in [1.29, 1.82) is 0 Å². The van der Waals surface area contributed by atoms with Crippen molar-refractivity contribution in [3.8, 4) is 11.1 Å². The Morgan fingerprint density at radius 2 is 1.60 bits per heavy atom. The summed E-state index contributed by atoms with van der Waals surface area (Å²) in [6, 6.07) is 15.1. The first-order valence-corrected chi connectivity index (χ1v) is 11.4. The Morgan fingerprint density at radius 1 is 1.00 bits per heavy atom. The SMILES string of the molecule is O=C(NC1CCCC1C(=O)NCC(C(=O)O)C(F)(F)F)OCC1c2ccccc2-c2ccccc21. The number of aliphatic carboxylic acids is 1. The van der Waals surface area contributed by atoms with E-state index in [0.29, 0.717) is 19.3 Å². The predicted molar refractivity (Wildman–Crippen MR) is 120 cm³/mol. The number of ether oxygens (including phenoxy) is 1. The van der Waals surface area contributed by atoms with Crippen LogP contribution in [0.2, 0.25) is 0 Å². The lowest BCUT2D eigenvalue weighted by molar-refractivity contribution is -0.192. The summed E-state index contributed by atoms with van der Waals surface area (Å²) in [4.78, 5) is 35.9. The summed E-state index contributed by atoms with van der Waals surface area (Å²) in [7, 11) is 0. The van der Waals surface area contributed by atoms with Gasteiger partial charge < -0.3 is 20.5 Å². The molecule has 3 unspecified atom stereocenters. The lowest BCUT2D eigenvalue weighted by Gasteiger charge is -2.22. The number of halogens is 3. The number of fused-ring (bicyclic) bond motifs is 3. The monoisotopic (exact) mass is 490 g/mol. The molecule has 10 heteroatoms. The molecule has 7 nitrogen and oxygen atoms in total. The topological polar surface area (TPSA) is 105 Å². The highest BCUT2D eigenvalue weighted by molar-refractivity contribution is 5.82. The standard InChI is InChI=1S/C25H25F3N2O5/c26-25(27,28)20(23(32)33)12-29-22(31)18-10-5-11-21(18)30-24(34)35-13-19-16-8-3-1-6-14(16)15-7-2-4-9-17(15)19/h1-4,6-9,18-21H,5,10-13H2,(H,29,31)(H,30,34)(H,32,33). The summed E-state index contributed by atoms with van der Waals surface area (Å²) in [5, 5.41) is 13.5. The molecule has 186 valence electrons. The van der Waals surface area contributed by atoms with Gasteiger partial charge in [0.1, 0.15) is 6.61 Å². The third-order valence-electron chi connectivity index (χ3n) is 6.67. The molecule has 0 saturated heterocycles. The third kappa shape index (κ3) is 5.26. The van der Waals surface area contributed by atoms with Gasteiger partial charge in [-0.2, -0.15) is 13.2 Å². The van der Waals surface area contributed by atoms with E-state index in [2.05, 4.69) is 10.6 Å². The Hall–Kier alpha value is -3.56. The number of rotatable bonds is 7. The number of amides is 2. The number of benzene rings is 2. The molecule has 35 heavy (non-hydrogen) atoms. The average molecular weight is 490 g/mol. The van der Waals surface area contributed by atoms with Crippen LogP contribution in [0.1, 0.15) is 36.3 Å². The van der Waals surface area contributed by atoms with Crippen LogP contribution < -0.4 is 10.6 Å². The number of carbonyl (C=O) groups excluding carboxylic acids is 2. The minimum Gasteiger partial charge on any atom is -0.481 e. The van der Waals surface area contributed by atoms with Crippen LogP contribution in [0.5, 0.6) is 0 Å². The van der Waals surface area contributed by atoms with Crippen molar-refractivity contribution < 1.29 is 37.4 Å². The molecule has 1 saturated carbocycles. The van der Waals surface area contributed by atoms with Crippen LogP contribution in [0.3, 0.4) is 0 Å². The van der Waals surface area contributed by atoms with E-state index < -0.39 is 48.6 Å². The van der Waals surface area contributed by atoms with Crippen molar-refractivity contribution in [2.75, 3.05) is 13.2 Å². The summed E-state index contributed by atoms with van der Waals surface area (Å²) in [5.41, 5.74) is 4.28. The second-order valence-electron chi connectivity index (χ2n) is 8.79. The highest BCUT2D eigenvalue weighted by atomic mass is 19.4. The molecule has 3 atom stereocenters. The van der Waals surface area contributed by atoms with Crippen molar-refractivity contribution in [3.05, 3.63) is 59.7 Å². The minimum absolute atomic E-state index is 0.0926. The van der Waals surface area contributed by atoms with Gasteiger partial charge in [-0.1, -0.05) is 55.0 Å². The fourth-order valence-corrected chi connectivity index (χ4v) is 4.91. The van der Waals surface area contributed by atoms with Crippen molar-refractivity contribution >= 4 is 18.0 Å². The van der Waals surface area contributed by atoms with Crippen molar-refractivity contribution in [3.63, 3.8) is 0 Å².